The molecular weight excluding hydrogens is 284 g/mol. The summed E-state index contributed by atoms with van der Waals surface area (Å²) in [5.41, 5.74) is -0.0985. The van der Waals surface area contributed by atoms with Gasteiger partial charge in [0, 0.05) is 14.2 Å². The van der Waals surface area contributed by atoms with Crippen LogP contribution in [0.4, 0.5) is 8.78 Å². The zero-order valence-corrected chi connectivity index (χ0v) is 8.23. The smallest absolute Gasteiger partial charge is 0.205 e. The lowest BCUT2D eigenvalue weighted by Crippen LogP contribution is -1.86. The van der Waals surface area contributed by atoms with Gasteiger partial charge in [-0.05, 0) is 40.8 Å². The van der Waals surface area contributed by atoms with Crippen molar-refractivity contribution in [2.24, 2.45) is 0 Å². The van der Waals surface area contributed by atoms with Crippen LogP contribution in [0.15, 0.2) is 18.2 Å². The molecule has 0 aromatic heterocycles. The Morgan fingerprint density at radius 2 is 2.00 bits per heavy atom. The Hall–Kier alpha value is 0.1000. The minimum atomic E-state index is -2.49. The topological polar surface area (TPSA) is 0 Å². The second kappa shape index (κ2) is 3.67. The molecule has 4 heteroatoms. The fourth-order valence-corrected chi connectivity index (χ4v) is 1.40. The summed E-state index contributed by atoms with van der Waals surface area (Å²) in [5.74, 6) is 0. The van der Waals surface area contributed by atoms with Gasteiger partial charge in [-0.15, -0.1) is 0 Å². The first-order valence-electron chi connectivity index (χ1n) is 2.84. The molecule has 0 N–H and O–H groups in total. The Balaban J connectivity index is 3.13. The van der Waals surface area contributed by atoms with E-state index in [2.05, 4.69) is 0 Å². The van der Waals surface area contributed by atoms with Crippen LogP contribution in [0.3, 0.4) is 0 Å². The van der Waals surface area contributed by atoms with Gasteiger partial charge in [0.2, 0.25) is 0 Å². The van der Waals surface area contributed by atoms with Gasteiger partial charge in [-0.1, -0.05) is 11.6 Å². The molecule has 1 rings (SSSR count). The Kier molecular flexibility index (Phi) is 3.06. The van der Waals surface area contributed by atoms with Crippen molar-refractivity contribution in [3.05, 3.63) is 32.4 Å². The fourth-order valence-electron chi connectivity index (χ4n) is 0.682. The highest BCUT2D eigenvalue weighted by atomic mass is 127. The van der Waals surface area contributed by atoms with Crippen LogP contribution in [0, 0.1) is 3.57 Å². The van der Waals surface area contributed by atoms with E-state index in [1.807, 2.05) is 22.6 Å². The zero-order valence-electron chi connectivity index (χ0n) is 5.32. The number of rotatable bonds is 1. The van der Waals surface area contributed by atoms with Crippen LogP contribution in [0.5, 0.6) is 0 Å². The highest BCUT2D eigenvalue weighted by molar-refractivity contribution is 14.1. The summed E-state index contributed by atoms with van der Waals surface area (Å²) < 4.78 is 25.0. The SMILES string of the molecule is FC(F)c1cc(I)ccc1Cl. The normalized spacial score (nSPS) is 10.6. The number of benzene rings is 1. The highest BCUT2D eigenvalue weighted by Gasteiger charge is 2.11. The molecule has 0 unspecified atom stereocenters. The molecule has 60 valence electrons. The number of hydrogen-bond acceptors (Lipinski definition) is 0. The second-order valence-electron chi connectivity index (χ2n) is 1.97. The quantitative estimate of drug-likeness (QED) is 0.688. The summed E-state index contributed by atoms with van der Waals surface area (Å²) in [7, 11) is 0. The van der Waals surface area contributed by atoms with E-state index in [-0.39, 0.29) is 10.6 Å². The fraction of sp³-hybridized carbons (Fsp3) is 0.143. The van der Waals surface area contributed by atoms with Gasteiger partial charge in [0.05, 0.1) is 0 Å². The second-order valence-corrected chi connectivity index (χ2v) is 3.62. The van der Waals surface area contributed by atoms with Crippen LogP contribution >= 0.6 is 34.2 Å². The Bertz CT molecular complexity index is 263. The Morgan fingerprint density at radius 1 is 1.36 bits per heavy atom. The zero-order chi connectivity index (χ0) is 8.43. The Morgan fingerprint density at radius 3 is 2.45 bits per heavy atom. The molecule has 0 saturated carbocycles. The molecule has 0 saturated heterocycles. The van der Waals surface area contributed by atoms with Gasteiger partial charge >= 0.3 is 0 Å². The molecule has 1 aromatic rings. The molecule has 0 spiro atoms. The summed E-state index contributed by atoms with van der Waals surface area (Å²) in [6, 6.07) is 4.55. The maximum Gasteiger partial charge on any atom is 0.265 e. The third-order valence-electron chi connectivity index (χ3n) is 1.19. The molecule has 1 aromatic carbocycles. The molecule has 0 aliphatic carbocycles. The molecule has 0 nitrogen and oxygen atoms in total. The van der Waals surface area contributed by atoms with Crippen molar-refractivity contribution in [1.29, 1.82) is 0 Å². The van der Waals surface area contributed by atoms with Gasteiger partial charge in [0.15, 0.2) is 0 Å². The minimum Gasteiger partial charge on any atom is -0.205 e. The van der Waals surface area contributed by atoms with Gasteiger partial charge in [-0.25, -0.2) is 8.78 Å². The van der Waals surface area contributed by atoms with Gasteiger partial charge in [-0.3, -0.25) is 0 Å². The van der Waals surface area contributed by atoms with E-state index in [9.17, 15) is 8.78 Å². The van der Waals surface area contributed by atoms with Gasteiger partial charge < -0.3 is 0 Å². The third-order valence-corrected chi connectivity index (χ3v) is 2.21. The summed E-state index contributed by atoms with van der Waals surface area (Å²) in [4.78, 5) is 0. The van der Waals surface area contributed by atoms with E-state index in [1.165, 1.54) is 12.1 Å². The monoisotopic (exact) mass is 288 g/mol. The third kappa shape index (κ3) is 2.27. The first-order chi connectivity index (χ1) is 5.11. The maximum atomic E-state index is 12.1. The average molecular weight is 288 g/mol. The number of hydrogen-bond donors (Lipinski definition) is 0. The molecule has 0 bridgehead atoms. The molecular formula is C7H4ClF2I. The van der Waals surface area contributed by atoms with Crippen LogP contribution in [0.25, 0.3) is 0 Å². The van der Waals surface area contributed by atoms with E-state index < -0.39 is 6.43 Å². The maximum absolute atomic E-state index is 12.1. The van der Waals surface area contributed by atoms with Crippen molar-refractivity contribution in [3.8, 4) is 0 Å². The largest absolute Gasteiger partial charge is 0.265 e. The Labute approximate surface area is 81.7 Å². The van der Waals surface area contributed by atoms with Gasteiger partial charge in [-0.2, -0.15) is 0 Å². The number of alkyl halides is 2. The van der Waals surface area contributed by atoms with Crippen molar-refractivity contribution < 1.29 is 8.78 Å². The summed E-state index contributed by atoms with van der Waals surface area (Å²) in [5, 5.41) is 0.125. The van der Waals surface area contributed by atoms with Crippen molar-refractivity contribution in [2.75, 3.05) is 0 Å². The molecule has 0 heterocycles. The number of halogens is 4. The standard InChI is InChI=1S/C7H4ClF2I/c8-6-2-1-4(11)3-5(6)7(9)10/h1-3,7H. The molecule has 0 amide bonds. The lowest BCUT2D eigenvalue weighted by atomic mass is 10.2. The van der Waals surface area contributed by atoms with E-state index in [0.717, 1.165) is 3.57 Å². The van der Waals surface area contributed by atoms with Crippen LogP contribution in [0.2, 0.25) is 5.02 Å². The van der Waals surface area contributed by atoms with Crippen molar-refractivity contribution >= 4 is 34.2 Å². The van der Waals surface area contributed by atoms with E-state index >= 15 is 0 Å². The van der Waals surface area contributed by atoms with Crippen LogP contribution in [0.1, 0.15) is 12.0 Å². The minimum absolute atomic E-state index is 0.0985. The summed E-state index contributed by atoms with van der Waals surface area (Å²) in [6.07, 6.45) is -2.49. The summed E-state index contributed by atoms with van der Waals surface area (Å²) in [6.45, 7) is 0. The van der Waals surface area contributed by atoms with Crippen LogP contribution in [-0.4, -0.2) is 0 Å². The summed E-state index contributed by atoms with van der Waals surface area (Å²) >= 11 is 7.47. The van der Waals surface area contributed by atoms with E-state index in [4.69, 9.17) is 11.6 Å². The van der Waals surface area contributed by atoms with Crippen LogP contribution in [-0.2, 0) is 0 Å². The van der Waals surface area contributed by atoms with Crippen molar-refractivity contribution in [2.45, 2.75) is 6.43 Å². The predicted octanol–water partition coefficient (Wildman–Crippen LogP) is 3.88. The van der Waals surface area contributed by atoms with Gasteiger partial charge in [0.1, 0.15) is 0 Å². The molecule has 0 atom stereocenters. The van der Waals surface area contributed by atoms with E-state index in [0.29, 0.717) is 0 Å². The molecule has 0 radical (unpaired) electrons. The molecule has 11 heavy (non-hydrogen) atoms. The first kappa shape index (κ1) is 9.19. The van der Waals surface area contributed by atoms with Crippen LogP contribution < -0.4 is 0 Å². The lowest BCUT2D eigenvalue weighted by molar-refractivity contribution is 0.151. The van der Waals surface area contributed by atoms with Gasteiger partial charge in [0.25, 0.3) is 6.43 Å². The molecule has 0 aliphatic rings. The molecule has 0 aliphatic heterocycles. The average Bonchev–Trinajstić information content (AvgIpc) is 1.94. The first-order valence-corrected chi connectivity index (χ1v) is 4.30. The highest BCUT2D eigenvalue weighted by Crippen LogP contribution is 2.27. The van der Waals surface area contributed by atoms with E-state index in [1.54, 1.807) is 6.07 Å². The lowest BCUT2D eigenvalue weighted by Gasteiger charge is -2.01. The predicted molar refractivity (Wildman–Crippen MR) is 49.1 cm³/mol. The molecule has 0 fully saturated rings. The van der Waals surface area contributed by atoms with Crippen molar-refractivity contribution in [3.63, 3.8) is 0 Å². The van der Waals surface area contributed by atoms with Crippen molar-refractivity contribution in [1.82, 2.24) is 0 Å².